The number of benzene rings is 3. The maximum atomic E-state index is 13.6. The molecule has 0 amide bonds. The number of nitrogens with zero attached hydrogens (tertiary/aromatic N) is 1. The molecule has 0 saturated heterocycles. The number of halogens is 1. The normalized spacial score (nSPS) is 17.1. The third kappa shape index (κ3) is 4.26. The van der Waals surface area contributed by atoms with Gasteiger partial charge in [-0.05, 0) is 51.3 Å². The standard InChI is InChI=1S/C24H23BrN2O4S/c1-3-13-31-23-19(25)14-18(15-21(23)30-2)24-26-20-11-7-8-12-22(20)32(28,29)27(24)16-17-9-5-4-6-10-17/h3-12,14-15,24,26H,1,13,16H2,2H3/t24-/m1/s1. The molecule has 0 unspecified atom stereocenters. The predicted molar refractivity (Wildman–Crippen MR) is 128 cm³/mol. The van der Waals surface area contributed by atoms with E-state index in [-0.39, 0.29) is 11.4 Å². The van der Waals surface area contributed by atoms with Crippen LogP contribution < -0.4 is 14.8 Å². The lowest BCUT2D eigenvalue weighted by atomic mass is 10.1. The number of ether oxygens (including phenoxy) is 2. The zero-order chi connectivity index (χ0) is 22.7. The first kappa shape index (κ1) is 22.4. The summed E-state index contributed by atoms with van der Waals surface area (Å²) in [6.07, 6.45) is 1.00. The summed E-state index contributed by atoms with van der Waals surface area (Å²) in [5, 5.41) is 3.39. The fraction of sp³-hybridized carbons (Fsp3) is 0.167. The van der Waals surface area contributed by atoms with Crippen molar-refractivity contribution < 1.29 is 17.9 Å². The molecule has 32 heavy (non-hydrogen) atoms. The molecule has 0 radical (unpaired) electrons. The van der Waals surface area contributed by atoms with E-state index in [0.29, 0.717) is 33.8 Å². The Morgan fingerprint density at radius 2 is 1.84 bits per heavy atom. The molecule has 0 bridgehead atoms. The number of anilines is 1. The molecule has 1 N–H and O–H groups in total. The summed E-state index contributed by atoms with van der Waals surface area (Å²) in [7, 11) is -2.21. The van der Waals surface area contributed by atoms with Crippen molar-refractivity contribution in [2.75, 3.05) is 19.0 Å². The van der Waals surface area contributed by atoms with Gasteiger partial charge < -0.3 is 14.8 Å². The molecule has 1 aliphatic heterocycles. The first-order valence-electron chi connectivity index (χ1n) is 9.98. The number of rotatable bonds is 7. The second-order valence-electron chi connectivity index (χ2n) is 7.21. The lowest BCUT2D eigenvalue weighted by molar-refractivity contribution is 0.318. The van der Waals surface area contributed by atoms with Crippen molar-refractivity contribution >= 4 is 31.6 Å². The summed E-state index contributed by atoms with van der Waals surface area (Å²) < 4.78 is 40.7. The number of methoxy groups -OCH3 is 1. The average molecular weight is 515 g/mol. The summed E-state index contributed by atoms with van der Waals surface area (Å²) >= 11 is 3.55. The van der Waals surface area contributed by atoms with Crippen LogP contribution in [-0.4, -0.2) is 26.4 Å². The zero-order valence-corrected chi connectivity index (χ0v) is 19.9. The Kier molecular flexibility index (Phi) is 6.55. The molecule has 1 atom stereocenters. The smallest absolute Gasteiger partial charge is 0.247 e. The second kappa shape index (κ2) is 9.36. The Morgan fingerprint density at radius 3 is 2.56 bits per heavy atom. The SMILES string of the molecule is C=CCOc1c(Br)cc([C@@H]2Nc3ccccc3S(=O)(=O)N2Cc2ccccc2)cc1OC. The Hall–Kier alpha value is -2.81. The lowest BCUT2D eigenvalue weighted by Gasteiger charge is -2.37. The van der Waals surface area contributed by atoms with Gasteiger partial charge in [0.1, 0.15) is 17.7 Å². The van der Waals surface area contributed by atoms with Gasteiger partial charge in [-0.25, -0.2) is 8.42 Å². The van der Waals surface area contributed by atoms with Crippen LogP contribution in [0.1, 0.15) is 17.3 Å². The summed E-state index contributed by atoms with van der Waals surface area (Å²) in [5.74, 6) is 1.03. The van der Waals surface area contributed by atoms with E-state index in [1.807, 2.05) is 42.5 Å². The van der Waals surface area contributed by atoms with Crippen molar-refractivity contribution in [2.24, 2.45) is 0 Å². The summed E-state index contributed by atoms with van der Waals surface area (Å²) in [6, 6.07) is 20.1. The third-order valence-electron chi connectivity index (χ3n) is 5.15. The molecule has 166 valence electrons. The van der Waals surface area contributed by atoms with Gasteiger partial charge in [0.25, 0.3) is 0 Å². The highest BCUT2D eigenvalue weighted by molar-refractivity contribution is 9.10. The van der Waals surface area contributed by atoms with Gasteiger partial charge >= 0.3 is 0 Å². The van der Waals surface area contributed by atoms with Crippen LogP contribution in [0.15, 0.2) is 88.8 Å². The first-order valence-corrected chi connectivity index (χ1v) is 12.2. The highest BCUT2D eigenvalue weighted by Gasteiger charge is 2.39. The van der Waals surface area contributed by atoms with Crippen LogP contribution in [0.4, 0.5) is 5.69 Å². The van der Waals surface area contributed by atoms with Gasteiger partial charge in [-0.1, -0.05) is 55.1 Å². The number of hydrogen-bond donors (Lipinski definition) is 1. The van der Waals surface area contributed by atoms with Crippen molar-refractivity contribution in [3.8, 4) is 11.5 Å². The number of fused-ring (bicyclic) bond motifs is 1. The molecule has 8 heteroatoms. The maximum absolute atomic E-state index is 13.6. The van der Waals surface area contributed by atoms with Gasteiger partial charge in [0.05, 0.1) is 17.3 Å². The minimum Gasteiger partial charge on any atom is -0.493 e. The van der Waals surface area contributed by atoms with Gasteiger partial charge in [0.2, 0.25) is 10.0 Å². The molecular formula is C24H23BrN2O4S. The average Bonchev–Trinajstić information content (AvgIpc) is 2.80. The molecule has 3 aromatic rings. The molecular weight excluding hydrogens is 492 g/mol. The minimum absolute atomic E-state index is 0.212. The van der Waals surface area contributed by atoms with Crippen molar-refractivity contribution in [3.05, 3.63) is 95.0 Å². The van der Waals surface area contributed by atoms with E-state index >= 15 is 0 Å². The van der Waals surface area contributed by atoms with Gasteiger partial charge in [-0.15, -0.1) is 0 Å². The number of hydrogen-bond acceptors (Lipinski definition) is 5. The minimum atomic E-state index is -3.76. The maximum Gasteiger partial charge on any atom is 0.247 e. The number of para-hydroxylation sites is 1. The van der Waals surface area contributed by atoms with Crippen molar-refractivity contribution in [1.82, 2.24) is 4.31 Å². The monoisotopic (exact) mass is 514 g/mol. The van der Waals surface area contributed by atoms with E-state index in [1.54, 1.807) is 37.5 Å². The van der Waals surface area contributed by atoms with Crippen LogP contribution >= 0.6 is 15.9 Å². The van der Waals surface area contributed by atoms with E-state index < -0.39 is 16.2 Å². The topological polar surface area (TPSA) is 67.9 Å². The van der Waals surface area contributed by atoms with Gasteiger partial charge in [0, 0.05) is 6.54 Å². The Labute approximate surface area is 196 Å². The first-order chi connectivity index (χ1) is 15.5. The van der Waals surface area contributed by atoms with Gasteiger partial charge in [0.15, 0.2) is 11.5 Å². The van der Waals surface area contributed by atoms with E-state index in [1.165, 1.54) is 4.31 Å². The van der Waals surface area contributed by atoms with Gasteiger partial charge in [-0.2, -0.15) is 4.31 Å². The number of nitrogens with one attached hydrogen (secondary N) is 1. The van der Waals surface area contributed by atoms with E-state index in [2.05, 4.69) is 27.8 Å². The molecule has 0 spiro atoms. The molecule has 6 nitrogen and oxygen atoms in total. The molecule has 3 aromatic carbocycles. The Balaban J connectivity index is 1.83. The molecule has 1 heterocycles. The molecule has 0 fully saturated rings. The molecule has 1 aliphatic rings. The second-order valence-corrected chi connectivity index (χ2v) is 9.93. The van der Waals surface area contributed by atoms with Crippen LogP contribution in [-0.2, 0) is 16.6 Å². The quantitative estimate of drug-likeness (QED) is 0.431. The van der Waals surface area contributed by atoms with Crippen molar-refractivity contribution in [3.63, 3.8) is 0 Å². The largest absolute Gasteiger partial charge is 0.493 e. The van der Waals surface area contributed by atoms with Crippen molar-refractivity contribution in [2.45, 2.75) is 17.6 Å². The van der Waals surface area contributed by atoms with Crippen LogP contribution in [0.3, 0.4) is 0 Å². The predicted octanol–water partition coefficient (Wildman–Crippen LogP) is 5.34. The summed E-state index contributed by atoms with van der Waals surface area (Å²) in [6.45, 7) is 4.20. The number of sulfonamides is 1. The Morgan fingerprint density at radius 1 is 1.12 bits per heavy atom. The fourth-order valence-electron chi connectivity index (χ4n) is 3.66. The molecule has 4 rings (SSSR count). The van der Waals surface area contributed by atoms with E-state index in [9.17, 15) is 8.42 Å². The fourth-order valence-corrected chi connectivity index (χ4v) is 5.92. The van der Waals surface area contributed by atoms with Crippen LogP contribution in [0, 0.1) is 0 Å². The van der Waals surface area contributed by atoms with E-state index in [4.69, 9.17) is 9.47 Å². The molecule has 0 saturated carbocycles. The van der Waals surface area contributed by atoms with Gasteiger partial charge in [-0.3, -0.25) is 0 Å². The Bertz CT molecular complexity index is 1230. The van der Waals surface area contributed by atoms with Crippen molar-refractivity contribution in [1.29, 1.82) is 0 Å². The molecule has 0 aliphatic carbocycles. The van der Waals surface area contributed by atoms with Crippen LogP contribution in [0.5, 0.6) is 11.5 Å². The summed E-state index contributed by atoms with van der Waals surface area (Å²) in [4.78, 5) is 0.254. The van der Waals surface area contributed by atoms with Crippen LogP contribution in [0.25, 0.3) is 0 Å². The highest BCUT2D eigenvalue weighted by atomic mass is 79.9. The highest BCUT2D eigenvalue weighted by Crippen LogP contribution is 2.43. The lowest BCUT2D eigenvalue weighted by Crippen LogP contribution is -2.42. The van der Waals surface area contributed by atoms with Crippen LogP contribution in [0.2, 0.25) is 0 Å². The van der Waals surface area contributed by atoms with E-state index in [0.717, 1.165) is 5.56 Å². The third-order valence-corrected chi connectivity index (χ3v) is 7.61. The summed E-state index contributed by atoms with van der Waals surface area (Å²) in [5.41, 5.74) is 2.16. The molecule has 0 aromatic heterocycles. The zero-order valence-electron chi connectivity index (χ0n) is 17.5.